The van der Waals surface area contributed by atoms with E-state index >= 15 is 0 Å². The smallest absolute Gasteiger partial charge is 0.252 e. The number of pyridine rings is 1. The minimum atomic E-state index is -3.23. The first-order valence-corrected chi connectivity index (χ1v) is 6.92. The number of nitrogens with zero attached hydrogens (tertiary/aromatic N) is 1. The highest BCUT2D eigenvalue weighted by Crippen LogP contribution is 2.14. The number of nitrogens with two attached hydrogens (primary N) is 2. The van der Waals surface area contributed by atoms with E-state index in [1.807, 2.05) is 0 Å². The standard InChI is InChI=1S/C9H15N5O3S/c1-18(16,17)14-3-2-12-9-7(8(11)15)4-6(10)5-13-9/h4-5,14H,2-3,10H2,1H3,(H2,11,15)(H,12,13). The van der Waals surface area contributed by atoms with Gasteiger partial charge >= 0.3 is 0 Å². The predicted octanol–water partition coefficient (Wildman–Crippen LogP) is -1.28. The lowest BCUT2D eigenvalue weighted by molar-refractivity contribution is 0.100. The van der Waals surface area contributed by atoms with Crippen molar-refractivity contribution in [3.05, 3.63) is 17.8 Å². The van der Waals surface area contributed by atoms with Gasteiger partial charge in [-0.05, 0) is 6.07 Å². The van der Waals surface area contributed by atoms with Crippen molar-refractivity contribution in [3.63, 3.8) is 0 Å². The van der Waals surface area contributed by atoms with Crippen molar-refractivity contribution in [1.82, 2.24) is 9.71 Å². The van der Waals surface area contributed by atoms with Gasteiger partial charge in [-0.2, -0.15) is 0 Å². The average molecular weight is 273 g/mol. The zero-order valence-electron chi connectivity index (χ0n) is 9.80. The highest BCUT2D eigenvalue weighted by atomic mass is 32.2. The van der Waals surface area contributed by atoms with Crippen LogP contribution < -0.4 is 21.5 Å². The lowest BCUT2D eigenvalue weighted by Gasteiger charge is -2.09. The molecule has 0 spiro atoms. The molecule has 0 saturated heterocycles. The van der Waals surface area contributed by atoms with Crippen molar-refractivity contribution < 1.29 is 13.2 Å². The maximum Gasteiger partial charge on any atom is 0.252 e. The normalized spacial score (nSPS) is 11.2. The quantitative estimate of drug-likeness (QED) is 0.476. The third-order valence-corrected chi connectivity index (χ3v) is 2.68. The summed E-state index contributed by atoms with van der Waals surface area (Å²) in [5.41, 5.74) is 11.1. The molecular weight excluding hydrogens is 258 g/mol. The molecule has 0 fully saturated rings. The maximum atomic E-state index is 11.1. The highest BCUT2D eigenvalue weighted by Gasteiger charge is 2.09. The minimum Gasteiger partial charge on any atom is -0.397 e. The third-order valence-electron chi connectivity index (χ3n) is 1.96. The molecule has 0 aliphatic carbocycles. The fourth-order valence-electron chi connectivity index (χ4n) is 1.23. The first-order chi connectivity index (χ1) is 8.29. The summed E-state index contributed by atoms with van der Waals surface area (Å²) in [5.74, 6) is -0.389. The number of nitrogens with one attached hydrogen (secondary N) is 2. The molecule has 18 heavy (non-hydrogen) atoms. The molecule has 1 rings (SSSR count). The van der Waals surface area contributed by atoms with Crippen molar-refractivity contribution in [2.24, 2.45) is 5.73 Å². The molecule has 0 atom stereocenters. The third kappa shape index (κ3) is 4.55. The number of amides is 1. The average Bonchev–Trinajstić information content (AvgIpc) is 2.24. The molecule has 6 N–H and O–H groups in total. The second kappa shape index (κ2) is 5.65. The summed E-state index contributed by atoms with van der Waals surface area (Å²) < 4.78 is 23.9. The molecule has 0 aromatic carbocycles. The van der Waals surface area contributed by atoms with Crippen LogP contribution in [0.15, 0.2) is 12.3 Å². The first kappa shape index (κ1) is 14.2. The molecule has 1 amide bonds. The van der Waals surface area contributed by atoms with Crippen LogP contribution in [0.5, 0.6) is 0 Å². The van der Waals surface area contributed by atoms with Gasteiger partial charge in [-0.15, -0.1) is 0 Å². The SMILES string of the molecule is CS(=O)(=O)NCCNc1ncc(N)cc1C(N)=O. The van der Waals surface area contributed by atoms with Gasteiger partial charge in [0.15, 0.2) is 0 Å². The van der Waals surface area contributed by atoms with E-state index in [0.29, 0.717) is 5.69 Å². The Morgan fingerprint density at radius 2 is 2.11 bits per heavy atom. The van der Waals surface area contributed by atoms with Crippen molar-refractivity contribution >= 4 is 27.4 Å². The zero-order valence-corrected chi connectivity index (χ0v) is 10.6. The minimum absolute atomic E-state index is 0.161. The number of anilines is 2. The summed E-state index contributed by atoms with van der Waals surface area (Å²) >= 11 is 0. The van der Waals surface area contributed by atoms with E-state index in [-0.39, 0.29) is 24.5 Å². The Morgan fingerprint density at radius 3 is 2.67 bits per heavy atom. The Balaban J connectivity index is 2.65. The van der Waals surface area contributed by atoms with Crippen LogP contribution in [0.1, 0.15) is 10.4 Å². The fourth-order valence-corrected chi connectivity index (χ4v) is 1.70. The van der Waals surface area contributed by atoms with Gasteiger partial charge in [0, 0.05) is 13.1 Å². The van der Waals surface area contributed by atoms with E-state index in [2.05, 4.69) is 15.0 Å². The lowest BCUT2D eigenvalue weighted by atomic mass is 10.2. The molecule has 1 aromatic rings. The number of hydrogen-bond acceptors (Lipinski definition) is 6. The molecule has 0 unspecified atom stereocenters. The first-order valence-electron chi connectivity index (χ1n) is 5.03. The fraction of sp³-hybridized carbons (Fsp3) is 0.333. The number of sulfonamides is 1. The van der Waals surface area contributed by atoms with E-state index in [1.54, 1.807) is 0 Å². The summed E-state index contributed by atoms with van der Waals surface area (Å²) in [6.07, 6.45) is 2.43. The van der Waals surface area contributed by atoms with Crippen molar-refractivity contribution in [2.45, 2.75) is 0 Å². The van der Waals surface area contributed by atoms with Gasteiger partial charge in [-0.1, -0.05) is 0 Å². The van der Waals surface area contributed by atoms with Crippen molar-refractivity contribution in [3.8, 4) is 0 Å². The number of primary amides is 1. The number of hydrogen-bond donors (Lipinski definition) is 4. The molecule has 0 saturated carbocycles. The van der Waals surface area contributed by atoms with Crippen LogP contribution in [0, 0.1) is 0 Å². The van der Waals surface area contributed by atoms with E-state index in [9.17, 15) is 13.2 Å². The van der Waals surface area contributed by atoms with E-state index < -0.39 is 15.9 Å². The second-order valence-corrected chi connectivity index (χ2v) is 5.46. The second-order valence-electron chi connectivity index (χ2n) is 3.62. The summed E-state index contributed by atoms with van der Waals surface area (Å²) in [6, 6.07) is 1.40. The summed E-state index contributed by atoms with van der Waals surface area (Å²) in [5, 5.41) is 2.80. The molecule has 0 bridgehead atoms. The number of carbonyl (C=O) groups excluding carboxylic acids is 1. The van der Waals surface area contributed by atoms with Crippen LogP contribution in [0.4, 0.5) is 11.5 Å². The Morgan fingerprint density at radius 1 is 1.44 bits per heavy atom. The van der Waals surface area contributed by atoms with Gasteiger partial charge in [-0.25, -0.2) is 18.1 Å². The summed E-state index contributed by atoms with van der Waals surface area (Å²) in [4.78, 5) is 15.1. The van der Waals surface area contributed by atoms with Gasteiger partial charge < -0.3 is 16.8 Å². The molecule has 1 aromatic heterocycles. The maximum absolute atomic E-state index is 11.1. The van der Waals surface area contributed by atoms with Crippen LogP contribution in [-0.4, -0.2) is 38.7 Å². The van der Waals surface area contributed by atoms with E-state index in [4.69, 9.17) is 11.5 Å². The number of aromatic nitrogens is 1. The molecule has 0 radical (unpaired) electrons. The Labute approximate surface area is 105 Å². The molecule has 0 aliphatic rings. The lowest BCUT2D eigenvalue weighted by Crippen LogP contribution is -2.28. The van der Waals surface area contributed by atoms with Crippen LogP contribution in [0.2, 0.25) is 0 Å². The van der Waals surface area contributed by atoms with E-state index in [1.165, 1.54) is 12.3 Å². The Hall–Kier alpha value is -1.87. The van der Waals surface area contributed by atoms with Crippen LogP contribution >= 0.6 is 0 Å². The van der Waals surface area contributed by atoms with Gasteiger partial charge in [0.25, 0.3) is 5.91 Å². The predicted molar refractivity (Wildman–Crippen MR) is 68.5 cm³/mol. The molecule has 100 valence electrons. The van der Waals surface area contributed by atoms with Gasteiger partial charge in [-0.3, -0.25) is 4.79 Å². The summed E-state index contributed by atoms with van der Waals surface area (Å²) in [7, 11) is -3.23. The van der Waals surface area contributed by atoms with Crippen LogP contribution in [0.25, 0.3) is 0 Å². The number of carbonyl (C=O) groups is 1. The van der Waals surface area contributed by atoms with Crippen LogP contribution in [0.3, 0.4) is 0 Å². The largest absolute Gasteiger partial charge is 0.397 e. The Kier molecular flexibility index (Phi) is 4.45. The summed E-state index contributed by atoms with van der Waals surface area (Å²) in [6.45, 7) is 0.438. The molecular formula is C9H15N5O3S. The topological polar surface area (TPSA) is 140 Å². The molecule has 8 nitrogen and oxygen atoms in total. The van der Waals surface area contributed by atoms with Crippen LogP contribution in [-0.2, 0) is 10.0 Å². The van der Waals surface area contributed by atoms with E-state index in [0.717, 1.165) is 6.26 Å². The van der Waals surface area contributed by atoms with Gasteiger partial charge in [0.05, 0.1) is 23.7 Å². The molecule has 0 aliphatic heterocycles. The zero-order chi connectivity index (χ0) is 13.8. The van der Waals surface area contributed by atoms with Gasteiger partial charge in [0.2, 0.25) is 10.0 Å². The Bertz CT molecular complexity index is 543. The molecule has 9 heteroatoms. The van der Waals surface area contributed by atoms with Gasteiger partial charge in [0.1, 0.15) is 5.82 Å². The monoisotopic (exact) mass is 273 g/mol. The number of rotatable bonds is 6. The number of nitrogen functional groups attached to an aromatic ring is 1. The highest BCUT2D eigenvalue weighted by molar-refractivity contribution is 7.88. The molecule has 1 heterocycles. The van der Waals surface area contributed by atoms with Crippen molar-refractivity contribution in [2.75, 3.05) is 30.4 Å². The van der Waals surface area contributed by atoms with Crippen molar-refractivity contribution in [1.29, 1.82) is 0 Å².